The minimum Gasteiger partial charge on any atom is -0.329 e. The molecule has 1 rings (SSSR count). The van der Waals surface area contributed by atoms with Crippen LogP contribution in [0, 0.1) is 6.92 Å². The van der Waals surface area contributed by atoms with Gasteiger partial charge in [0, 0.05) is 13.1 Å². The summed E-state index contributed by atoms with van der Waals surface area (Å²) in [5.74, 6) is -0.720. The summed E-state index contributed by atoms with van der Waals surface area (Å²) < 4.78 is 37.5. The number of hydrogen-bond acceptors (Lipinski definition) is 4. The third-order valence-corrected chi connectivity index (χ3v) is 2.61. The van der Waals surface area contributed by atoms with Crippen molar-refractivity contribution in [2.45, 2.75) is 26.4 Å². The Balaban J connectivity index is 3.08. The summed E-state index contributed by atoms with van der Waals surface area (Å²) in [6.07, 6.45) is -4.05. The van der Waals surface area contributed by atoms with Gasteiger partial charge in [-0.15, -0.1) is 0 Å². The molecule has 5 nitrogen and oxygen atoms in total. The zero-order valence-electron chi connectivity index (χ0n) is 11.4. The van der Waals surface area contributed by atoms with Crippen molar-refractivity contribution in [2.75, 3.05) is 19.6 Å². The molecular weight excluding hydrogens is 273 g/mol. The van der Waals surface area contributed by atoms with E-state index in [4.69, 9.17) is 5.73 Å². The van der Waals surface area contributed by atoms with E-state index in [0.717, 1.165) is 0 Å². The summed E-state index contributed by atoms with van der Waals surface area (Å²) >= 11 is 0. The summed E-state index contributed by atoms with van der Waals surface area (Å²) in [5, 5.41) is 7.65. The number of amides is 1. The molecule has 0 spiro atoms. The van der Waals surface area contributed by atoms with E-state index in [0.29, 0.717) is 22.7 Å². The van der Waals surface area contributed by atoms with Crippen LogP contribution in [0.25, 0.3) is 0 Å². The van der Waals surface area contributed by atoms with Gasteiger partial charge in [0.2, 0.25) is 0 Å². The maximum atomic E-state index is 12.5. The molecule has 112 valence electrons. The van der Waals surface area contributed by atoms with Crippen molar-refractivity contribution in [3.8, 4) is 0 Å². The fourth-order valence-corrected chi connectivity index (χ4v) is 1.76. The van der Waals surface area contributed by atoms with Gasteiger partial charge in [0.05, 0.1) is 17.0 Å². The van der Waals surface area contributed by atoms with E-state index in [9.17, 15) is 18.0 Å². The lowest BCUT2D eigenvalue weighted by atomic mass is 10.1. The fourth-order valence-electron chi connectivity index (χ4n) is 1.76. The number of aromatic nitrogens is 2. The molecular formula is C12H17F3N4O. The lowest BCUT2D eigenvalue weighted by Crippen LogP contribution is -2.42. The average molecular weight is 290 g/mol. The number of hydrogen-bond donors (Lipinski definition) is 1. The molecule has 0 aliphatic rings. The molecule has 2 N–H and O–H groups in total. The number of nitrogens with two attached hydrogens (primary N) is 1. The maximum Gasteiger partial charge on any atom is 0.406 e. The Morgan fingerprint density at radius 2 is 2.05 bits per heavy atom. The molecule has 0 saturated carbocycles. The summed E-state index contributed by atoms with van der Waals surface area (Å²) in [7, 11) is 0. The van der Waals surface area contributed by atoms with Gasteiger partial charge in [-0.1, -0.05) is 6.92 Å². The molecule has 0 bridgehead atoms. The predicted octanol–water partition coefficient (Wildman–Crippen LogP) is 1.31. The number of halogens is 3. The van der Waals surface area contributed by atoms with Crippen LogP contribution in [-0.4, -0.2) is 46.8 Å². The number of nitrogens with zero attached hydrogens (tertiary/aromatic N) is 3. The minimum atomic E-state index is -4.47. The highest BCUT2D eigenvalue weighted by Gasteiger charge is 2.33. The lowest BCUT2D eigenvalue weighted by Gasteiger charge is -2.24. The van der Waals surface area contributed by atoms with Crippen LogP contribution in [0.15, 0.2) is 6.07 Å². The quantitative estimate of drug-likeness (QED) is 0.887. The minimum absolute atomic E-state index is 0.0409. The lowest BCUT2D eigenvalue weighted by molar-refractivity contribution is -0.140. The number of carbonyl (C=O) groups excluding carboxylic acids is 1. The third kappa shape index (κ3) is 4.44. The summed E-state index contributed by atoms with van der Waals surface area (Å²) in [4.78, 5) is 12.9. The third-order valence-electron chi connectivity index (χ3n) is 2.61. The van der Waals surface area contributed by atoms with Crippen LogP contribution >= 0.6 is 0 Å². The summed E-state index contributed by atoms with van der Waals surface area (Å²) in [5.41, 5.74) is 6.28. The zero-order valence-corrected chi connectivity index (χ0v) is 11.4. The highest BCUT2D eigenvalue weighted by atomic mass is 19.4. The van der Waals surface area contributed by atoms with E-state index in [1.807, 2.05) is 0 Å². The molecule has 0 saturated heterocycles. The molecule has 1 aromatic rings. The molecule has 20 heavy (non-hydrogen) atoms. The Hall–Kier alpha value is -1.70. The summed E-state index contributed by atoms with van der Waals surface area (Å²) in [6, 6.07) is 1.45. The van der Waals surface area contributed by atoms with E-state index in [1.165, 1.54) is 6.07 Å². The topological polar surface area (TPSA) is 72.1 Å². The van der Waals surface area contributed by atoms with Crippen molar-refractivity contribution in [3.63, 3.8) is 0 Å². The molecule has 0 aromatic carbocycles. The molecule has 1 amide bonds. The largest absolute Gasteiger partial charge is 0.406 e. The van der Waals surface area contributed by atoms with E-state index in [-0.39, 0.29) is 18.7 Å². The normalized spacial score (nSPS) is 11.5. The van der Waals surface area contributed by atoms with Crippen LogP contribution in [-0.2, 0) is 6.42 Å². The maximum absolute atomic E-state index is 12.5. The van der Waals surface area contributed by atoms with Crippen LogP contribution in [0.4, 0.5) is 13.2 Å². The molecule has 0 aliphatic carbocycles. The molecule has 0 fully saturated rings. The Bertz CT molecular complexity index is 476. The van der Waals surface area contributed by atoms with Crippen molar-refractivity contribution in [1.82, 2.24) is 15.1 Å². The van der Waals surface area contributed by atoms with Crippen LogP contribution in [0.2, 0.25) is 0 Å². The Morgan fingerprint density at radius 3 is 2.55 bits per heavy atom. The Labute approximate surface area is 115 Å². The van der Waals surface area contributed by atoms with Crippen LogP contribution in [0.1, 0.15) is 28.7 Å². The number of carbonyl (C=O) groups is 1. The van der Waals surface area contributed by atoms with Gasteiger partial charge in [0.1, 0.15) is 6.54 Å². The second-order valence-electron chi connectivity index (χ2n) is 4.33. The second kappa shape index (κ2) is 6.65. The monoisotopic (exact) mass is 290 g/mol. The van der Waals surface area contributed by atoms with Crippen LogP contribution in [0.3, 0.4) is 0 Å². The highest BCUT2D eigenvalue weighted by molar-refractivity contribution is 5.95. The van der Waals surface area contributed by atoms with E-state index >= 15 is 0 Å². The Kier molecular flexibility index (Phi) is 5.43. The Morgan fingerprint density at radius 1 is 1.40 bits per heavy atom. The second-order valence-corrected chi connectivity index (χ2v) is 4.33. The van der Waals surface area contributed by atoms with Gasteiger partial charge < -0.3 is 10.6 Å². The van der Waals surface area contributed by atoms with Gasteiger partial charge >= 0.3 is 6.18 Å². The SMILES string of the molecule is CCc1nnc(C)cc1C(=O)N(CCN)CC(F)(F)F. The molecule has 0 atom stereocenters. The molecule has 0 unspecified atom stereocenters. The number of rotatable bonds is 5. The van der Waals surface area contributed by atoms with Crippen molar-refractivity contribution in [2.24, 2.45) is 5.73 Å². The van der Waals surface area contributed by atoms with Crippen LogP contribution in [0.5, 0.6) is 0 Å². The first-order valence-electron chi connectivity index (χ1n) is 6.17. The van der Waals surface area contributed by atoms with Gasteiger partial charge in [-0.05, 0) is 19.4 Å². The zero-order chi connectivity index (χ0) is 15.3. The van der Waals surface area contributed by atoms with Gasteiger partial charge in [-0.3, -0.25) is 4.79 Å². The van der Waals surface area contributed by atoms with Crippen LogP contribution < -0.4 is 5.73 Å². The van der Waals surface area contributed by atoms with E-state index < -0.39 is 18.6 Å². The fraction of sp³-hybridized carbons (Fsp3) is 0.583. The van der Waals surface area contributed by atoms with Crippen molar-refractivity contribution < 1.29 is 18.0 Å². The average Bonchev–Trinajstić information content (AvgIpc) is 2.36. The molecule has 1 heterocycles. The molecule has 1 aromatic heterocycles. The van der Waals surface area contributed by atoms with Gasteiger partial charge in [0.15, 0.2) is 0 Å². The van der Waals surface area contributed by atoms with E-state index in [1.54, 1.807) is 13.8 Å². The number of aryl methyl sites for hydroxylation is 2. The molecule has 0 aliphatic heterocycles. The standard InChI is InChI=1S/C12H17F3N4O/c1-3-10-9(6-8(2)17-18-10)11(20)19(5-4-16)7-12(13,14)15/h6H,3-5,7,16H2,1-2H3. The smallest absolute Gasteiger partial charge is 0.329 e. The first-order chi connectivity index (χ1) is 9.28. The van der Waals surface area contributed by atoms with Gasteiger partial charge in [-0.2, -0.15) is 23.4 Å². The van der Waals surface area contributed by atoms with E-state index in [2.05, 4.69) is 10.2 Å². The van der Waals surface area contributed by atoms with Crippen molar-refractivity contribution in [1.29, 1.82) is 0 Å². The first-order valence-corrected chi connectivity index (χ1v) is 6.17. The van der Waals surface area contributed by atoms with Gasteiger partial charge in [0.25, 0.3) is 5.91 Å². The predicted molar refractivity (Wildman–Crippen MR) is 67.2 cm³/mol. The van der Waals surface area contributed by atoms with Gasteiger partial charge in [-0.25, -0.2) is 0 Å². The van der Waals surface area contributed by atoms with Crippen molar-refractivity contribution >= 4 is 5.91 Å². The number of alkyl halides is 3. The highest BCUT2D eigenvalue weighted by Crippen LogP contribution is 2.19. The summed E-state index contributed by atoms with van der Waals surface area (Å²) in [6.45, 7) is 1.85. The van der Waals surface area contributed by atoms with Crippen molar-refractivity contribution in [3.05, 3.63) is 23.0 Å². The first kappa shape index (κ1) is 16.4. The molecule has 0 radical (unpaired) electrons. The molecule has 8 heteroatoms.